The maximum absolute atomic E-state index is 13.6. The highest BCUT2D eigenvalue weighted by Gasteiger charge is 2.23. The molecule has 1 aliphatic rings. The van der Waals surface area contributed by atoms with Gasteiger partial charge in [0.05, 0.1) is 30.0 Å². The Morgan fingerprint density at radius 1 is 0.957 bits per heavy atom. The lowest BCUT2D eigenvalue weighted by Crippen LogP contribution is -2.47. The van der Waals surface area contributed by atoms with Crippen molar-refractivity contribution in [2.45, 2.75) is 32.6 Å². The number of nitro groups is 1. The van der Waals surface area contributed by atoms with Crippen LogP contribution in [0.25, 0.3) is 0 Å². The first-order chi connectivity index (χ1) is 22.1. The molecule has 1 saturated heterocycles. The molecule has 0 radical (unpaired) electrons. The number of para-hydroxylation sites is 1. The van der Waals surface area contributed by atoms with Crippen LogP contribution >= 0.6 is 0 Å². The molecule has 0 unspecified atom stereocenters. The zero-order chi connectivity index (χ0) is 33.2. The zero-order valence-electron chi connectivity index (χ0n) is 26.8. The molecule has 0 aromatic heterocycles. The number of piperazine rings is 1. The minimum Gasteiger partial charge on any atom is -0.495 e. The fourth-order valence-corrected chi connectivity index (χ4v) is 5.21. The standard InChI is InChI=1S/C34H41N5O7/c1-24-13-16-29(31(22-24)46-21-9-5-6-12-32(40)38-19-17-36(2)18-20-38)37(3)34(42)25-14-15-27(30(23-25)45-4)35-33(41)26-10-7-8-11-28(26)39(43)44/h7-8,10-11,13-16,22-23H,5-6,9,12,17-21H2,1-4H3,(H,35,41). The summed E-state index contributed by atoms with van der Waals surface area (Å²) in [6, 6.07) is 15.8. The van der Waals surface area contributed by atoms with Gasteiger partial charge < -0.3 is 29.5 Å². The van der Waals surface area contributed by atoms with Gasteiger partial charge in [-0.1, -0.05) is 18.2 Å². The topological polar surface area (TPSA) is 135 Å². The molecule has 0 bridgehead atoms. The Balaban J connectivity index is 1.36. The van der Waals surface area contributed by atoms with Crippen LogP contribution in [0.1, 0.15) is 52.0 Å². The number of aryl methyl sites for hydroxylation is 1. The summed E-state index contributed by atoms with van der Waals surface area (Å²) in [5.74, 6) is 0.000501. The van der Waals surface area contributed by atoms with E-state index in [1.807, 2.05) is 30.0 Å². The minimum atomic E-state index is -0.676. The minimum absolute atomic E-state index is 0.0968. The first kappa shape index (κ1) is 33.9. The average Bonchev–Trinajstić information content (AvgIpc) is 3.06. The molecule has 1 fully saturated rings. The van der Waals surface area contributed by atoms with Gasteiger partial charge in [-0.3, -0.25) is 24.5 Å². The van der Waals surface area contributed by atoms with E-state index in [2.05, 4.69) is 17.3 Å². The van der Waals surface area contributed by atoms with E-state index in [1.165, 1.54) is 42.3 Å². The molecule has 12 nitrogen and oxygen atoms in total. The van der Waals surface area contributed by atoms with Crippen LogP contribution < -0.4 is 19.7 Å². The number of unbranched alkanes of at least 4 members (excludes halogenated alkanes) is 2. The molecular weight excluding hydrogens is 590 g/mol. The van der Waals surface area contributed by atoms with E-state index in [-0.39, 0.29) is 34.5 Å². The summed E-state index contributed by atoms with van der Waals surface area (Å²) in [5.41, 5.74) is 1.72. The number of amides is 3. The summed E-state index contributed by atoms with van der Waals surface area (Å²) < 4.78 is 11.6. The third-order valence-corrected chi connectivity index (χ3v) is 7.97. The van der Waals surface area contributed by atoms with Crippen LogP contribution in [-0.2, 0) is 4.79 Å². The van der Waals surface area contributed by atoms with Crippen molar-refractivity contribution in [2.24, 2.45) is 0 Å². The van der Waals surface area contributed by atoms with Crippen molar-refractivity contribution in [1.29, 1.82) is 0 Å². The van der Waals surface area contributed by atoms with E-state index in [1.54, 1.807) is 19.2 Å². The number of nitrogens with one attached hydrogen (secondary N) is 1. The molecule has 12 heteroatoms. The Hall–Kier alpha value is -4.97. The number of benzene rings is 3. The lowest BCUT2D eigenvalue weighted by molar-refractivity contribution is -0.385. The highest BCUT2D eigenvalue weighted by Crippen LogP contribution is 2.32. The van der Waals surface area contributed by atoms with Crippen LogP contribution in [0.2, 0.25) is 0 Å². The van der Waals surface area contributed by atoms with E-state index < -0.39 is 10.8 Å². The zero-order valence-corrected chi connectivity index (χ0v) is 26.8. The smallest absolute Gasteiger partial charge is 0.282 e. The van der Waals surface area contributed by atoms with Crippen molar-refractivity contribution in [3.8, 4) is 11.5 Å². The second-order valence-electron chi connectivity index (χ2n) is 11.3. The fraction of sp³-hybridized carbons (Fsp3) is 0.382. The monoisotopic (exact) mass is 631 g/mol. The number of methoxy groups -OCH3 is 1. The largest absolute Gasteiger partial charge is 0.495 e. The summed E-state index contributed by atoms with van der Waals surface area (Å²) in [7, 11) is 5.13. The van der Waals surface area contributed by atoms with Crippen LogP contribution in [0.3, 0.4) is 0 Å². The molecule has 3 amide bonds. The van der Waals surface area contributed by atoms with Gasteiger partial charge in [0.15, 0.2) is 0 Å². The van der Waals surface area contributed by atoms with Crippen molar-refractivity contribution >= 4 is 34.8 Å². The van der Waals surface area contributed by atoms with Crippen LogP contribution in [-0.4, -0.2) is 86.4 Å². The Bertz CT molecular complexity index is 1570. The maximum Gasteiger partial charge on any atom is 0.282 e. The van der Waals surface area contributed by atoms with Crippen molar-refractivity contribution in [1.82, 2.24) is 9.80 Å². The second kappa shape index (κ2) is 15.8. The molecule has 3 aromatic rings. The van der Waals surface area contributed by atoms with E-state index in [9.17, 15) is 24.5 Å². The molecular formula is C34H41N5O7. The number of nitro benzene ring substituents is 1. The van der Waals surface area contributed by atoms with Gasteiger partial charge in [0.25, 0.3) is 17.5 Å². The molecule has 0 aliphatic carbocycles. The molecule has 244 valence electrons. The van der Waals surface area contributed by atoms with Gasteiger partial charge >= 0.3 is 0 Å². The third-order valence-electron chi connectivity index (χ3n) is 7.97. The Morgan fingerprint density at radius 3 is 2.41 bits per heavy atom. The van der Waals surface area contributed by atoms with E-state index in [0.717, 1.165) is 51.0 Å². The molecule has 4 rings (SSSR count). The van der Waals surface area contributed by atoms with Crippen molar-refractivity contribution in [3.05, 3.63) is 87.5 Å². The molecule has 0 spiro atoms. The number of nitrogens with zero attached hydrogens (tertiary/aromatic N) is 4. The average molecular weight is 632 g/mol. The first-order valence-corrected chi connectivity index (χ1v) is 15.3. The van der Waals surface area contributed by atoms with E-state index >= 15 is 0 Å². The van der Waals surface area contributed by atoms with Gasteiger partial charge in [-0.15, -0.1) is 0 Å². The number of ether oxygens (including phenoxy) is 2. The molecule has 1 aliphatic heterocycles. The molecule has 0 saturated carbocycles. The van der Waals surface area contributed by atoms with Crippen LogP contribution in [0, 0.1) is 17.0 Å². The van der Waals surface area contributed by atoms with Crippen LogP contribution in [0.4, 0.5) is 17.1 Å². The predicted molar refractivity (Wildman–Crippen MR) is 176 cm³/mol. The number of anilines is 2. The van der Waals surface area contributed by atoms with E-state index in [4.69, 9.17) is 9.47 Å². The van der Waals surface area contributed by atoms with Crippen molar-refractivity contribution < 1.29 is 28.8 Å². The summed E-state index contributed by atoms with van der Waals surface area (Å²) in [6.45, 7) is 5.79. The lowest BCUT2D eigenvalue weighted by atomic mass is 10.1. The Morgan fingerprint density at radius 2 is 1.70 bits per heavy atom. The normalized spacial score (nSPS) is 13.2. The Labute approximate surface area is 269 Å². The number of hydrogen-bond acceptors (Lipinski definition) is 8. The summed E-state index contributed by atoms with van der Waals surface area (Å²) in [5, 5.41) is 14.0. The number of hydrogen-bond donors (Lipinski definition) is 1. The fourth-order valence-electron chi connectivity index (χ4n) is 5.21. The van der Waals surface area contributed by atoms with Gasteiger partial charge in [-0.25, -0.2) is 0 Å². The van der Waals surface area contributed by atoms with Gasteiger partial charge in [-0.2, -0.15) is 0 Å². The maximum atomic E-state index is 13.6. The highest BCUT2D eigenvalue weighted by molar-refractivity contribution is 6.09. The third kappa shape index (κ3) is 8.60. The van der Waals surface area contributed by atoms with Crippen molar-refractivity contribution in [2.75, 3.05) is 64.2 Å². The Kier molecular flexibility index (Phi) is 11.7. The van der Waals surface area contributed by atoms with Crippen molar-refractivity contribution in [3.63, 3.8) is 0 Å². The van der Waals surface area contributed by atoms with Crippen LogP contribution in [0.5, 0.6) is 11.5 Å². The number of rotatable bonds is 13. The highest BCUT2D eigenvalue weighted by atomic mass is 16.6. The summed E-state index contributed by atoms with van der Waals surface area (Å²) in [6.07, 6.45) is 2.97. The van der Waals surface area contributed by atoms with Gasteiger partial charge in [0.2, 0.25) is 5.91 Å². The molecule has 0 atom stereocenters. The SMILES string of the molecule is COc1cc(C(=O)N(C)c2ccc(C)cc2OCCCCCC(=O)N2CCN(C)CC2)ccc1NC(=O)c1ccccc1[N+](=O)[O-]. The van der Waals surface area contributed by atoms with Gasteiger partial charge in [-0.05, 0) is 75.2 Å². The summed E-state index contributed by atoms with van der Waals surface area (Å²) >= 11 is 0. The number of carbonyl (C=O) groups is 3. The molecule has 46 heavy (non-hydrogen) atoms. The second-order valence-corrected chi connectivity index (χ2v) is 11.3. The lowest BCUT2D eigenvalue weighted by Gasteiger charge is -2.32. The number of carbonyl (C=O) groups excluding carboxylic acids is 3. The van der Waals surface area contributed by atoms with Gasteiger partial charge in [0.1, 0.15) is 17.1 Å². The van der Waals surface area contributed by atoms with E-state index in [0.29, 0.717) is 30.0 Å². The predicted octanol–water partition coefficient (Wildman–Crippen LogP) is 5.15. The quantitative estimate of drug-likeness (QED) is 0.155. The molecule has 1 heterocycles. The first-order valence-electron chi connectivity index (χ1n) is 15.3. The number of likely N-dealkylation sites (N-methyl/N-ethyl adjacent to an activating group) is 1. The van der Waals surface area contributed by atoms with Gasteiger partial charge in [0, 0.05) is 51.3 Å². The molecule has 3 aromatic carbocycles. The molecule has 1 N–H and O–H groups in total. The van der Waals surface area contributed by atoms with Crippen LogP contribution in [0.15, 0.2) is 60.7 Å². The summed E-state index contributed by atoms with van der Waals surface area (Å²) in [4.78, 5) is 55.3.